The minimum Gasteiger partial charge on any atom is -0.494 e. The van der Waals surface area contributed by atoms with Crippen molar-refractivity contribution in [1.82, 2.24) is 10.3 Å². The van der Waals surface area contributed by atoms with E-state index in [0.29, 0.717) is 0 Å². The van der Waals surface area contributed by atoms with Gasteiger partial charge < -0.3 is 10.1 Å². The molecule has 1 heterocycles. The molecule has 0 aliphatic carbocycles. The number of rotatable bonds is 8. The van der Waals surface area contributed by atoms with E-state index in [2.05, 4.69) is 41.7 Å². The first-order chi connectivity index (χ1) is 9.85. The number of benzene rings is 1. The van der Waals surface area contributed by atoms with Crippen LogP contribution in [0.5, 0.6) is 5.75 Å². The molecule has 1 atom stereocenters. The fraction of sp³-hybridized carbons (Fsp3) is 0.438. The van der Waals surface area contributed by atoms with Crippen LogP contribution in [0.2, 0.25) is 0 Å². The normalized spacial score (nSPS) is 12.3. The van der Waals surface area contributed by atoms with Crippen LogP contribution in [0.1, 0.15) is 44.0 Å². The smallest absolute Gasteiger partial charge is 0.119 e. The fourth-order valence-electron chi connectivity index (χ4n) is 2.02. The van der Waals surface area contributed by atoms with E-state index < -0.39 is 0 Å². The van der Waals surface area contributed by atoms with Gasteiger partial charge in [-0.15, -0.1) is 11.3 Å². The van der Waals surface area contributed by atoms with E-state index in [0.717, 1.165) is 37.4 Å². The third kappa shape index (κ3) is 4.05. The number of nitrogens with one attached hydrogen (secondary N) is 1. The second kappa shape index (κ2) is 8.02. The lowest BCUT2D eigenvalue weighted by Crippen LogP contribution is -2.23. The predicted octanol–water partition coefficient (Wildman–Crippen LogP) is 4.02. The number of aromatic nitrogens is 1. The Labute approximate surface area is 125 Å². The van der Waals surface area contributed by atoms with Crippen LogP contribution in [0, 0.1) is 0 Å². The van der Waals surface area contributed by atoms with Gasteiger partial charge in [0.1, 0.15) is 5.75 Å². The van der Waals surface area contributed by atoms with E-state index in [1.54, 1.807) is 11.3 Å². The molecule has 4 heteroatoms. The first kappa shape index (κ1) is 15.0. The lowest BCUT2D eigenvalue weighted by molar-refractivity contribution is 0.317. The molecule has 0 saturated heterocycles. The minimum atomic E-state index is 0.168. The van der Waals surface area contributed by atoms with Crippen molar-refractivity contribution in [3.05, 3.63) is 46.4 Å². The number of ether oxygens (including phenoxy) is 1. The summed E-state index contributed by atoms with van der Waals surface area (Å²) in [6.07, 6.45) is 2.14. The summed E-state index contributed by atoms with van der Waals surface area (Å²) in [7, 11) is 0. The first-order valence-corrected chi connectivity index (χ1v) is 8.13. The lowest BCUT2D eigenvalue weighted by Gasteiger charge is -2.17. The van der Waals surface area contributed by atoms with E-state index >= 15 is 0 Å². The van der Waals surface area contributed by atoms with Crippen molar-refractivity contribution in [1.29, 1.82) is 0 Å². The quantitative estimate of drug-likeness (QED) is 0.797. The van der Waals surface area contributed by atoms with E-state index in [1.165, 1.54) is 5.56 Å². The van der Waals surface area contributed by atoms with E-state index in [4.69, 9.17) is 4.74 Å². The van der Waals surface area contributed by atoms with Crippen LogP contribution < -0.4 is 10.1 Å². The monoisotopic (exact) mass is 290 g/mol. The zero-order valence-electron chi connectivity index (χ0n) is 12.1. The van der Waals surface area contributed by atoms with Gasteiger partial charge in [0.2, 0.25) is 0 Å². The Morgan fingerprint density at radius 2 is 2.00 bits per heavy atom. The van der Waals surface area contributed by atoms with Gasteiger partial charge in [0.25, 0.3) is 0 Å². The highest BCUT2D eigenvalue weighted by atomic mass is 32.1. The maximum absolute atomic E-state index is 5.63. The molecule has 108 valence electrons. The van der Waals surface area contributed by atoms with Gasteiger partial charge in [-0.3, -0.25) is 0 Å². The van der Waals surface area contributed by atoms with Crippen molar-refractivity contribution in [2.24, 2.45) is 0 Å². The molecule has 0 saturated carbocycles. The van der Waals surface area contributed by atoms with Crippen LogP contribution in [0.3, 0.4) is 0 Å². The maximum atomic E-state index is 5.63. The standard InChI is InChI=1S/C16H22N2OS/c1-3-9-17-16(15-11-20-12-18-15)13-5-7-14(8-6-13)19-10-4-2/h5-8,11-12,16-17H,3-4,9-10H2,1-2H3. The van der Waals surface area contributed by atoms with Crippen LogP contribution in [0.4, 0.5) is 0 Å². The van der Waals surface area contributed by atoms with Crippen LogP contribution >= 0.6 is 11.3 Å². The molecular weight excluding hydrogens is 268 g/mol. The maximum Gasteiger partial charge on any atom is 0.119 e. The third-order valence-electron chi connectivity index (χ3n) is 3.03. The SMILES string of the molecule is CCCNC(c1ccc(OCCC)cc1)c1cscn1. The Morgan fingerprint density at radius 3 is 2.60 bits per heavy atom. The topological polar surface area (TPSA) is 34.1 Å². The summed E-state index contributed by atoms with van der Waals surface area (Å²) >= 11 is 1.63. The predicted molar refractivity (Wildman–Crippen MR) is 84.5 cm³/mol. The molecule has 0 aliphatic rings. The summed E-state index contributed by atoms with van der Waals surface area (Å²) in [4.78, 5) is 4.44. The Balaban J connectivity index is 2.12. The van der Waals surface area contributed by atoms with Crippen molar-refractivity contribution >= 4 is 11.3 Å². The summed E-state index contributed by atoms with van der Waals surface area (Å²) in [6, 6.07) is 8.49. The molecule has 1 aromatic carbocycles. The average Bonchev–Trinajstić information content (AvgIpc) is 3.01. The van der Waals surface area contributed by atoms with Gasteiger partial charge in [-0.2, -0.15) is 0 Å². The summed E-state index contributed by atoms with van der Waals surface area (Å²) < 4.78 is 5.63. The molecule has 0 aliphatic heterocycles. The highest BCUT2D eigenvalue weighted by Gasteiger charge is 2.15. The molecular formula is C16H22N2OS. The third-order valence-corrected chi connectivity index (χ3v) is 3.64. The Morgan fingerprint density at radius 1 is 1.20 bits per heavy atom. The van der Waals surface area contributed by atoms with Crippen LogP contribution in [-0.4, -0.2) is 18.1 Å². The molecule has 0 bridgehead atoms. The molecule has 1 unspecified atom stereocenters. The van der Waals surface area contributed by atoms with Crippen molar-refractivity contribution in [3.8, 4) is 5.75 Å². The Bertz CT molecular complexity index is 482. The van der Waals surface area contributed by atoms with E-state index in [9.17, 15) is 0 Å². The summed E-state index contributed by atoms with van der Waals surface area (Å²) in [5, 5.41) is 5.66. The number of thiazole rings is 1. The van der Waals surface area contributed by atoms with Crippen LogP contribution in [0.15, 0.2) is 35.2 Å². The number of hydrogen-bond acceptors (Lipinski definition) is 4. The van der Waals surface area contributed by atoms with Gasteiger partial charge in [-0.1, -0.05) is 26.0 Å². The van der Waals surface area contributed by atoms with Gasteiger partial charge in [0.15, 0.2) is 0 Å². The number of nitrogens with zero attached hydrogens (tertiary/aromatic N) is 1. The zero-order valence-corrected chi connectivity index (χ0v) is 13.0. The molecule has 2 rings (SSSR count). The van der Waals surface area contributed by atoms with E-state index in [1.807, 2.05) is 17.6 Å². The molecule has 1 N–H and O–H groups in total. The summed E-state index contributed by atoms with van der Waals surface area (Å²) in [5.74, 6) is 0.933. The van der Waals surface area contributed by atoms with Gasteiger partial charge in [0.05, 0.1) is 23.9 Å². The van der Waals surface area contributed by atoms with Crippen LogP contribution in [0.25, 0.3) is 0 Å². The van der Waals surface area contributed by atoms with Crippen molar-refractivity contribution in [2.75, 3.05) is 13.2 Å². The number of hydrogen-bond donors (Lipinski definition) is 1. The molecule has 3 nitrogen and oxygen atoms in total. The summed E-state index contributed by atoms with van der Waals surface area (Å²) in [5.41, 5.74) is 4.20. The Hall–Kier alpha value is -1.39. The highest BCUT2D eigenvalue weighted by molar-refractivity contribution is 7.07. The molecule has 0 fully saturated rings. The second-order valence-electron chi connectivity index (χ2n) is 4.72. The fourth-order valence-corrected chi connectivity index (χ4v) is 2.60. The molecule has 0 spiro atoms. The average molecular weight is 290 g/mol. The Kier molecular flexibility index (Phi) is 6.02. The molecule has 20 heavy (non-hydrogen) atoms. The molecule has 0 amide bonds. The lowest BCUT2D eigenvalue weighted by atomic mass is 10.0. The van der Waals surface area contributed by atoms with Gasteiger partial charge in [-0.25, -0.2) is 4.98 Å². The zero-order chi connectivity index (χ0) is 14.2. The van der Waals surface area contributed by atoms with Crippen molar-refractivity contribution < 1.29 is 4.74 Å². The molecule has 2 aromatic rings. The van der Waals surface area contributed by atoms with Crippen molar-refractivity contribution in [2.45, 2.75) is 32.7 Å². The first-order valence-electron chi connectivity index (χ1n) is 7.19. The summed E-state index contributed by atoms with van der Waals surface area (Å²) in [6.45, 7) is 6.04. The molecule has 1 aromatic heterocycles. The van der Waals surface area contributed by atoms with Gasteiger partial charge in [0, 0.05) is 5.38 Å². The van der Waals surface area contributed by atoms with E-state index in [-0.39, 0.29) is 6.04 Å². The second-order valence-corrected chi connectivity index (χ2v) is 5.44. The van der Waals surface area contributed by atoms with Crippen molar-refractivity contribution in [3.63, 3.8) is 0 Å². The van der Waals surface area contributed by atoms with Gasteiger partial charge in [-0.05, 0) is 37.1 Å². The molecule has 0 radical (unpaired) electrons. The minimum absolute atomic E-state index is 0.168. The highest BCUT2D eigenvalue weighted by Crippen LogP contribution is 2.24. The van der Waals surface area contributed by atoms with Gasteiger partial charge >= 0.3 is 0 Å². The van der Waals surface area contributed by atoms with Crippen LogP contribution in [-0.2, 0) is 0 Å². The largest absolute Gasteiger partial charge is 0.494 e.